The molecular weight excluding hydrogens is 286 g/mol. The number of aliphatic carboxylic acids is 1. The van der Waals surface area contributed by atoms with Crippen molar-refractivity contribution in [3.63, 3.8) is 0 Å². The van der Waals surface area contributed by atoms with Gasteiger partial charge in [0.05, 0.1) is 16.2 Å². The highest BCUT2D eigenvalue weighted by Crippen LogP contribution is 2.24. The summed E-state index contributed by atoms with van der Waals surface area (Å²) in [5, 5.41) is 21.6. The van der Waals surface area contributed by atoms with E-state index in [0.29, 0.717) is 5.75 Å². The summed E-state index contributed by atoms with van der Waals surface area (Å²) >= 11 is 1.16. The second kappa shape index (κ2) is 7.34. The first-order valence-corrected chi connectivity index (χ1v) is 6.69. The Hall–Kier alpha value is -2.29. The van der Waals surface area contributed by atoms with Crippen LogP contribution in [0.1, 0.15) is 10.4 Å². The number of para-hydroxylation sites is 1. The average molecular weight is 299 g/mol. The number of benzene rings is 1. The van der Waals surface area contributed by atoms with E-state index in [2.05, 4.69) is 5.32 Å². The van der Waals surface area contributed by atoms with Crippen molar-refractivity contribution >= 4 is 35.0 Å². The SMILES string of the molecule is Nc1c(C(=O)NCCSCC(=O)O)cccc1[N+](=O)[O-]. The van der Waals surface area contributed by atoms with E-state index in [-0.39, 0.29) is 29.2 Å². The summed E-state index contributed by atoms with van der Waals surface area (Å²) in [4.78, 5) is 32.1. The zero-order chi connectivity index (χ0) is 15.1. The zero-order valence-corrected chi connectivity index (χ0v) is 11.2. The molecule has 4 N–H and O–H groups in total. The van der Waals surface area contributed by atoms with Crippen LogP contribution in [0.15, 0.2) is 18.2 Å². The average Bonchev–Trinajstić information content (AvgIpc) is 2.37. The summed E-state index contributed by atoms with van der Waals surface area (Å²) in [5.41, 5.74) is 5.09. The van der Waals surface area contributed by atoms with Crippen molar-refractivity contribution in [3.8, 4) is 0 Å². The van der Waals surface area contributed by atoms with Crippen molar-refractivity contribution in [2.24, 2.45) is 0 Å². The maximum Gasteiger partial charge on any atom is 0.313 e. The lowest BCUT2D eigenvalue weighted by atomic mass is 10.1. The molecule has 0 saturated carbocycles. The summed E-state index contributed by atoms with van der Waals surface area (Å²) in [6.45, 7) is 0.249. The number of thioether (sulfide) groups is 1. The number of hydrogen-bond acceptors (Lipinski definition) is 6. The number of carbonyl (C=O) groups excluding carboxylic acids is 1. The normalized spacial score (nSPS) is 10.0. The fourth-order valence-corrected chi connectivity index (χ4v) is 1.97. The third kappa shape index (κ3) is 4.43. The lowest BCUT2D eigenvalue weighted by Gasteiger charge is -2.07. The molecule has 8 nitrogen and oxygen atoms in total. The van der Waals surface area contributed by atoms with Crippen LogP contribution in [0.4, 0.5) is 11.4 Å². The number of amides is 1. The molecule has 0 bridgehead atoms. The van der Waals surface area contributed by atoms with Crippen molar-refractivity contribution in [1.82, 2.24) is 5.32 Å². The Bertz CT molecular complexity index is 535. The molecule has 0 heterocycles. The first-order chi connectivity index (χ1) is 9.43. The Kier molecular flexibility index (Phi) is 5.78. The Morgan fingerprint density at radius 1 is 1.45 bits per heavy atom. The van der Waals surface area contributed by atoms with E-state index in [1.807, 2.05) is 0 Å². The minimum Gasteiger partial charge on any atom is -0.481 e. The third-order valence-electron chi connectivity index (χ3n) is 2.28. The molecule has 0 radical (unpaired) electrons. The summed E-state index contributed by atoms with van der Waals surface area (Å²) in [7, 11) is 0. The highest BCUT2D eigenvalue weighted by Gasteiger charge is 2.18. The van der Waals surface area contributed by atoms with Crippen molar-refractivity contribution in [3.05, 3.63) is 33.9 Å². The Balaban J connectivity index is 2.58. The van der Waals surface area contributed by atoms with Gasteiger partial charge in [-0.15, -0.1) is 11.8 Å². The Labute approximate surface area is 118 Å². The van der Waals surface area contributed by atoms with E-state index in [0.717, 1.165) is 11.8 Å². The van der Waals surface area contributed by atoms with Gasteiger partial charge in [-0.2, -0.15) is 0 Å². The maximum atomic E-state index is 11.8. The zero-order valence-electron chi connectivity index (χ0n) is 10.4. The van der Waals surface area contributed by atoms with Crippen molar-refractivity contribution in [2.75, 3.05) is 23.8 Å². The molecule has 9 heteroatoms. The maximum absolute atomic E-state index is 11.8. The van der Waals surface area contributed by atoms with Gasteiger partial charge >= 0.3 is 5.97 Å². The number of hydrogen-bond donors (Lipinski definition) is 3. The number of rotatable bonds is 7. The summed E-state index contributed by atoms with van der Waals surface area (Å²) in [5.74, 6) is -1.08. The molecule has 0 aromatic heterocycles. The molecule has 1 rings (SSSR count). The van der Waals surface area contributed by atoms with E-state index in [9.17, 15) is 19.7 Å². The minimum absolute atomic E-state index is 0.0300. The Morgan fingerprint density at radius 2 is 2.15 bits per heavy atom. The number of anilines is 1. The van der Waals surface area contributed by atoms with Crippen LogP contribution in [-0.4, -0.2) is 40.0 Å². The van der Waals surface area contributed by atoms with Crippen LogP contribution >= 0.6 is 11.8 Å². The molecule has 0 aliphatic carbocycles. The van der Waals surface area contributed by atoms with Gasteiger partial charge in [0.25, 0.3) is 11.6 Å². The van der Waals surface area contributed by atoms with Gasteiger partial charge in [-0.25, -0.2) is 0 Å². The number of nitro benzene ring substituents is 1. The summed E-state index contributed by atoms with van der Waals surface area (Å²) < 4.78 is 0. The molecule has 0 atom stereocenters. The predicted octanol–water partition coefficient (Wildman–Crippen LogP) is 0.725. The molecule has 0 aliphatic heterocycles. The molecule has 108 valence electrons. The molecule has 1 aromatic carbocycles. The lowest BCUT2D eigenvalue weighted by molar-refractivity contribution is -0.383. The Morgan fingerprint density at radius 3 is 2.75 bits per heavy atom. The molecule has 20 heavy (non-hydrogen) atoms. The van der Waals surface area contributed by atoms with Gasteiger partial charge in [-0.3, -0.25) is 19.7 Å². The molecule has 1 amide bonds. The predicted molar refractivity (Wildman–Crippen MR) is 74.8 cm³/mol. The number of nitrogens with one attached hydrogen (secondary N) is 1. The van der Waals surface area contributed by atoms with Gasteiger partial charge in [0, 0.05) is 18.4 Å². The largest absolute Gasteiger partial charge is 0.481 e. The fraction of sp³-hybridized carbons (Fsp3) is 0.273. The van der Waals surface area contributed by atoms with Crippen molar-refractivity contribution in [2.45, 2.75) is 0 Å². The van der Waals surface area contributed by atoms with Gasteiger partial charge < -0.3 is 16.2 Å². The topological polar surface area (TPSA) is 136 Å². The molecule has 1 aromatic rings. The van der Waals surface area contributed by atoms with Gasteiger partial charge in [0.15, 0.2) is 0 Å². The molecule has 0 spiro atoms. The number of nitrogens with zero attached hydrogens (tertiary/aromatic N) is 1. The molecule has 0 aliphatic rings. The van der Waals surface area contributed by atoms with Crippen molar-refractivity contribution in [1.29, 1.82) is 0 Å². The van der Waals surface area contributed by atoms with E-state index in [4.69, 9.17) is 10.8 Å². The third-order valence-corrected chi connectivity index (χ3v) is 3.23. The van der Waals surface area contributed by atoms with Crippen LogP contribution in [0.5, 0.6) is 0 Å². The highest BCUT2D eigenvalue weighted by atomic mass is 32.2. The molecule has 0 fully saturated rings. The first kappa shape index (κ1) is 15.8. The van der Waals surface area contributed by atoms with E-state index in [1.165, 1.54) is 18.2 Å². The van der Waals surface area contributed by atoms with Crippen LogP contribution in [0.25, 0.3) is 0 Å². The number of nitrogens with two attached hydrogens (primary N) is 1. The number of carboxylic acid groups (broad SMARTS) is 1. The number of nitrogen functional groups attached to an aromatic ring is 1. The minimum atomic E-state index is -0.927. The van der Waals surface area contributed by atoms with Gasteiger partial charge in [0.2, 0.25) is 0 Å². The number of nitro groups is 1. The van der Waals surface area contributed by atoms with Gasteiger partial charge in [-0.05, 0) is 6.07 Å². The standard InChI is InChI=1S/C11H13N3O5S/c12-10-7(2-1-3-8(10)14(18)19)11(17)13-4-5-20-6-9(15)16/h1-3H,4-6,12H2,(H,13,17)(H,15,16). The van der Waals surface area contributed by atoms with E-state index in [1.54, 1.807) is 0 Å². The summed E-state index contributed by atoms with van der Waals surface area (Å²) in [6.07, 6.45) is 0. The first-order valence-electron chi connectivity index (χ1n) is 5.54. The van der Waals surface area contributed by atoms with Gasteiger partial charge in [0.1, 0.15) is 5.69 Å². The smallest absolute Gasteiger partial charge is 0.313 e. The highest BCUT2D eigenvalue weighted by molar-refractivity contribution is 7.99. The van der Waals surface area contributed by atoms with Crippen LogP contribution < -0.4 is 11.1 Å². The van der Waals surface area contributed by atoms with Crippen LogP contribution in [0, 0.1) is 10.1 Å². The van der Waals surface area contributed by atoms with E-state index >= 15 is 0 Å². The number of carbonyl (C=O) groups is 2. The summed E-state index contributed by atoms with van der Waals surface area (Å²) in [6, 6.07) is 3.99. The van der Waals surface area contributed by atoms with Crippen molar-refractivity contribution < 1.29 is 19.6 Å². The fourth-order valence-electron chi connectivity index (χ4n) is 1.40. The van der Waals surface area contributed by atoms with E-state index < -0.39 is 16.8 Å². The molecule has 0 saturated heterocycles. The van der Waals surface area contributed by atoms with Crippen LogP contribution in [0.2, 0.25) is 0 Å². The van der Waals surface area contributed by atoms with Crippen LogP contribution in [0.3, 0.4) is 0 Å². The van der Waals surface area contributed by atoms with Crippen LogP contribution in [-0.2, 0) is 4.79 Å². The van der Waals surface area contributed by atoms with Gasteiger partial charge in [-0.1, -0.05) is 6.07 Å². The second-order valence-electron chi connectivity index (χ2n) is 3.70. The second-order valence-corrected chi connectivity index (χ2v) is 4.80. The molecule has 0 unspecified atom stereocenters. The number of carboxylic acids is 1. The molecular formula is C11H13N3O5S. The lowest BCUT2D eigenvalue weighted by Crippen LogP contribution is -2.27. The monoisotopic (exact) mass is 299 g/mol. The quantitative estimate of drug-likeness (QED) is 0.292.